The van der Waals surface area contributed by atoms with Crippen molar-refractivity contribution in [3.63, 3.8) is 0 Å². The number of carbonyl (C=O) groups is 2. The Morgan fingerprint density at radius 1 is 1.13 bits per heavy atom. The number of nitrogens with zero attached hydrogens (tertiary/aromatic N) is 2. The van der Waals surface area contributed by atoms with Gasteiger partial charge in [0.2, 0.25) is 18.6 Å². The lowest BCUT2D eigenvalue weighted by Crippen LogP contribution is -2.46. The highest BCUT2D eigenvalue weighted by atomic mass is 16.7. The first-order chi connectivity index (χ1) is 15.2. The third kappa shape index (κ3) is 5.12. The SMILES string of the molecule is N#CC(NC(=O)[C@@H]1CCCN1C(=O)CCCC1CCCCC1)c1ccc2c(c1)OCO2. The molecule has 0 bridgehead atoms. The monoisotopic (exact) mass is 425 g/mol. The molecule has 1 unspecified atom stereocenters. The van der Waals surface area contributed by atoms with Gasteiger partial charge < -0.3 is 19.7 Å². The molecule has 166 valence electrons. The van der Waals surface area contributed by atoms with E-state index in [-0.39, 0.29) is 18.6 Å². The van der Waals surface area contributed by atoms with Crippen LogP contribution in [0.5, 0.6) is 11.5 Å². The van der Waals surface area contributed by atoms with Crippen LogP contribution in [0.2, 0.25) is 0 Å². The zero-order valence-electron chi connectivity index (χ0n) is 18.0. The van der Waals surface area contributed by atoms with Crippen LogP contribution in [0.4, 0.5) is 0 Å². The molecular formula is C24H31N3O4. The van der Waals surface area contributed by atoms with E-state index < -0.39 is 12.1 Å². The van der Waals surface area contributed by atoms with Gasteiger partial charge in [-0.3, -0.25) is 9.59 Å². The van der Waals surface area contributed by atoms with E-state index in [0.717, 1.165) is 25.2 Å². The molecule has 4 rings (SSSR count). The summed E-state index contributed by atoms with van der Waals surface area (Å²) in [5, 5.41) is 12.4. The number of fused-ring (bicyclic) bond motifs is 1. The molecule has 2 atom stereocenters. The standard InChI is InChI=1S/C24H31N3O4/c25-15-19(18-11-12-21-22(14-18)31-16-30-21)26-24(29)20-9-5-13-27(20)23(28)10-4-8-17-6-2-1-3-7-17/h11-12,14,17,19-20H,1-10,13,16H2,(H,26,29)/t19?,20-/m0/s1. The predicted molar refractivity (Wildman–Crippen MR) is 114 cm³/mol. The number of carbonyl (C=O) groups excluding carboxylic acids is 2. The summed E-state index contributed by atoms with van der Waals surface area (Å²) in [4.78, 5) is 27.5. The first kappa shape index (κ1) is 21.5. The zero-order chi connectivity index (χ0) is 21.6. The van der Waals surface area contributed by atoms with Gasteiger partial charge in [-0.15, -0.1) is 0 Å². The van der Waals surface area contributed by atoms with Gasteiger partial charge in [0.1, 0.15) is 12.1 Å². The van der Waals surface area contributed by atoms with Crippen molar-refractivity contribution >= 4 is 11.8 Å². The second kappa shape index (κ2) is 10.0. The van der Waals surface area contributed by atoms with Crippen molar-refractivity contribution in [1.29, 1.82) is 5.26 Å². The van der Waals surface area contributed by atoms with E-state index in [1.165, 1.54) is 32.1 Å². The fourth-order valence-corrected chi connectivity index (χ4v) is 5.02. The van der Waals surface area contributed by atoms with Gasteiger partial charge in [-0.2, -0.15) is 5.26 Å². The van der Waals surface area contributed by atoms with E-state index in [0.29, 0.717) is 36.4 Å². The number of hydrogen-bond acceptors (Lipinski definition) is 5. The third-order valence-corrected chi connectivity index (χ3v) is 6.75. The third-order valence-electron chi connectivity index (χ3n) is 6.75. The highest BCUT2D eigenvalue weighted by molar-refractivity contribution is 5.88. The molecule has 0 radical (unpaired) electrons. The van der Waals surface area contributed by atoms with Gasteiger partial charge in [-0.05, 0) is 49.3 Å². The Morgan fingerprint density at radius 3 is 2.74 bits per heavy atom. The van der Waals surface area contributed by atoms with Crippen molar-refractivity contribution in [3.05, 3.63) is 23.8 Å². The molecule has 1 aromatic rings. The molecular weight excluding hydrogens is 394 g/mol. The van der Waals surface area contributed by atoms with Crippen LogP contribution in [0.15, 0.2) is 18.2 Å². The largest absolute Gasteiger partial charge is 0.454 e. The molecule has 0 aromatic heterocycles. The van der Waals surface area contributed by atoms with Crippen molar-refractivity contribution in [2.24, 2.45) is 5.92 Å². The Hall–Kier alpha value is -2.75. The van der Waals surface area contributed by atoms with Crippen LogP contribution in [0.3, 0.4) is 0 Å². The molecule has 1 N–H and O–H groups in total. The molecule has 1 aliphatic carbocycles. The first-order valence-corrected chi connectivity index (χ1v) is 11.5. The molecule has 2 aliphatic heterocycles. The van der Waals surface area contributed by atoms with Crippen LogP contribution < -0.4 is 14.8 Å². The second-order valence-electron chi connectivity index (χ2n) is 8.82. The molecule has 1 aromatic carbocycles. The summed E-state index contributed by atoms with van der Waals surface area (Å²) in [5.41, 5.74) is 0.642. The van der Waals surface area contributed by atoms with E-state index in [1.807, 2.05) is 0 Å². The maximum Gasteiger partial charge on any atom is 0.244 e. The Balaban J connectivity index is 1.31. The van der Waals surface area contributed by atoms with Gasteiger partial charge in [0, 0.05) is 13.0 Å². The summed E-state index contributed by atoms with van der Waals surface area (Å²) < 4.78 is 10.7. The van der Waals surface area contributed by atoms with Gasteiger partial charge in [0.05, 0.1) is 6.07 Å². The number of amides is 2. The average Bonchev–Trinajstić information content (AvgIpc) is 3.47. The van der Waals surface area contributed by atoms with Crippen molar-refractivity contribution in [3.8, 4) is 17.6 Å². The molecule has 31 heavy (non-hydrogen) atoms. The van der Waals surface area contributed by atoms with Crippen LogP contribution in [0.25, 0.3) is 0 Å². The average molecular weight is 426 g/mol. The number of hydrogen-bond donors (Lipinski definition) is 1. The Morgan fingerprint density at radius 2 is 1.94 bits per heavy atom. The number of nitrogens with one attached hydrogen (secondary N) is 1. The fraction of sp³-hybridized carbons (Fsp3) is 0.625. The van der Waals surface area contributed by atoms with Gasteiger partial charge in [0.15, 0.2) is 11.5 Å². The summed E-state index contributed by atoms with van der Waals surface area (Å²) in [6.45, 7) is 0.768. The molecule has 3 aliphatic rings. The summed E-state index contributed by atoms with van der Waals surface area (Å²) >= 11 is 0. The van der Waals surface area contributed by atoms with Crippen LogP contribution in [-0.4, -0.2) is 36.1 Å². The molecule has 1 saturated heterocycles. The number of nitriles is 1. The summed E-state index contributed by atoms with van der Waals surface area (Å²) in [7, 11) is 0. The predicted octanol–water partition coefficient (Wildman–Crippen LogP) is 3.84. The highest BCUT2D eigenvalue weighted by Gasteiger charge is 2.35. The lowest BCUT2D eigenvalue weighted by Gasteiger charge is -2.26. The molecule has 2 fully saturated rings. The smallest absolute Gasteiger partial charge is 0.244 e. The van der Waals surface area contributed by atoms with E-state index >= 15 is 0 Å². The Kier molecular flexibility index (Phi) is 6.96. The molecule has 7 heteroatoms. The van der Waals surface area contributed by atoms with Crippen molar-refractivity contribution in [2.45, 2.75) is 76.3 Å². The maximum atomic E-state index is 12.9. The normalized spacial score (nSPS) is 21.5. The quantitative estimate of drug-likeness (QED) is 0.717. The zero-order valence-corrected chi connectivity index (χ0v) is 18.0. The molecule has 7 nitrogen and oxygen atoms in total. The van der Waals surface area contributed by atoms with Crippen molar-refractivity contribution in [2.75, 3.05) is 13.3 Å². The van der Waals surface area contributed by atoms with Crippen LogP contribution in [0.1, 0.15) is 75.8 Å². The minimum Gasteiger partial charge on any atom is -0.454 e. The first-order valence-electron chi connectivity index (χ1n) is 11.5. The Bertz CT molecular complexity index is 844. The number of benzene rings is 1. The summed E-state index contributed by atoms with van der Waals surface area (Å²) in [6, 6.07) is 6.07. The Labute approximate surface area is 183 Å². The van der Waals surface area contributed by atoms with Gasteiger partial charge in [-0.1, -0.05) is 38.2 Å². The fourth-order valence-electron chi connectivity index (χ4n) is 5.02. The van der Waals surface area contributed by atoms with Crippen molar-refractivity contribution < 1.29 is 19.1 Å². The minimum absolute atomic E-state index is 0.0602. The number of likely N-dealkylation sites (tertiary alicyclic amines) is 1. The van der Waals surface area contributed by atoms with E-state index in [4.69, 9.17) is 9.47 Å². The lowest BCUT2D eigenvalue weighted by molar-refractivity contribution is -0.138. The maximum absolute atomic E-state index is 12.9. The van der Waals surface area contributed by atoms with Crippen molar-refractivity contribution in [1.82, 2.24) is 10.2 Å². The molecule has 1 saturated carbocycles. The lowest BCUT2D eigenvalue weighted by atomic mass is 9.86. The summed E-state index contributed by atoms with van der Waals surface area (Å²) in [6.07, 6.45) is 10.5. The molecule has 2 amide bonds. The second-order valence-corrected chi connectivity index (χ2v) is 8.82. The van der Waals surface area contributed by atoms with Crippen LogP contribution >= 0.6 is 0 Å². The minimum atomic E-state index is -0.800. The summed E-state index contributed by atoms with van der Waals surface area (Å²) in [5.74, 6) is 1.76. The van der Waals surface area contributed by atoms with Gasteiger partial charge in [0.25, 0.3) is 0 Å². The highest BCUT2D eigenvalue weighted by Crippen LogP contribution is 2.34. The topological polar surface area (TPSA) is 91.7 Å². The van der Waals surface area contributed by atoms with Crippen LogP contribution in [0, 0.1) is 17.2 Å². The van der Waals surface area contributed by atoms with Gasteiger partial charge >= 0.3 is 0 Å². The number of rotatable bonds is 7. The van der Waals surface area contributed by atoms with Crippen LogP contribution in [-0.2, 0) is 9.59 Å². The molecule has 2 heterocycles. The van der Waals surface area contributed by atoms with E-state index in [9.17, 15) is 14.9 Å². The van der Waals surface area contributed by atoms with Gasteiger partial charge in [-0.25, -0.2) is 0 Å². The number of ether oxygens (including phenoxy) is 2. The van der Waals surface area contributed by atoms with E-state index in [1.54, 1.807) is 23.1 Å². The van der Waals surface area contributed by atoms with E-state index in [2.05, 4.69) is 11.4 Å². The molecule has 0 spiro atoms.